The van der Waals surface area contributed by atoms with Crippen molar-refractivity contribution in [1.29, 1.82) is 0 Å². The SMILES string of the molecule is CC(C)Cc1ccc([C@H]([NH2+]CC(=O)N2CCN(c3ncccn3)CC2)C(C)C)cc1. The van der Waals surface area contributed by atoms with Gasteiger partial charge in [-0.15, -0.1) is 0 Å². The highest BCUT2D eigenvalue weighted by Gasteiger charge is 2.26. The van der Waals surface area contributed by atoms with Crippen LogP contribution in [0, 0.1) is 11.8 Å². The zero-order valence-electron chi connectivity index (χ0n) is 18.8. The number of carbonyl (C=O) groups is 1. The maximum absolute atomic E-state index is 12.8. The molecule has 1 aromatic carbocycles. The molecule has 1 atom stereocenters. The van der Waals surface area contributed by atoms with Crippen LogP contribution in [0.25, 0.3) is 0 Å². The molecular weight excluding hydrogens is 374 g/mol. The average molecular weight is 411 g/mol. The molecule has 1 aliphatic rings. The molecule has 0 unspecified atom stereocenters. The van der Waals surface area contributed by atoms with Gasteiger partial charge in [0.05, 0.1) is 0 Å². The molecule has 0 radical (unpaired) electrons. The summed E-state index contributed by atoms with van der Waals surface area (Å²) in [6, 6.07) is 11.1. The zero-order chi connectivity index (χ0) is 21.5. The van der Waals surface area contributed by atoms with Crippen molar-refractivity contribution in [1.82, 2.24) is 14.9 Å². The maximum atomic E-state index is 12.8. The molecule has 1 saturated heterocycles. The maximum Gasteiger partial charge on any atom is 0.277 e. The first-order valence-corrected chi connectivity index (χ1v) is 11.2. The molecule has 0 saturated carbocycles. The van der Waals surface area contributed by atoms with Gasteiger partial charge >= 0.3 is 0 Å². The van der Waals surface area contributed by atoms with Crippen molar-refractivity contribution >= 4 is 11.9 Å². The van der Waals surface area contributed by atoms with E-state index in [1.807, 2.05) is 11.0 Å². The molecule has 1 amide bonds. The number of nitrogens with zero attached hydrogens (tertiary/aromatic N) is 4. The molecule has 1 aliphatic heterocycles. The predicted molar refractivity (Wildman–Crippen MR) is 120 cm³/mol. The Morgan fingerprint density at radius 1 is 1.00 bits per heavy atom. The van der Waals surface area contributed by atoms with E-state index in [0.29, 0.717) is 24.4 Å². The minimum absolute atomic E-state index is 0.214. The Kier molecular flexibility index (Phi) is 7.80. The molecule has 2 aromatic rings. The molecule has 2 N–H and O–H groups in total. The van der Waals surface area contributed by atoms with Crippen LogP contribution in [0.15, 0.2) is 42.7 Å². The summed E-state index contributed by atoms with van der Waals surface area (Å²) in [7, 11) is 0. The van der Waals surface area contributed by atoms with Crippen molar-refractivity contribution in [3.8, 4) is 0 Å². The molecule has 3 rings (SSSR count). The molecular formula is C24H36N5O+. The average Bonchev–Trinajstić information content (AvgIpc) is 2.75. The van der Waals surface area contributed by atoms with Gasteiger partial charge < -0.3 is 15.1 Å². The predicted octanol–water partition coefficient (Wildman–Crippen LogP) is 2.28. The Balaban J connectivity index is 1.52. The van der Waals surface area contributed by atoms with Crippen molar-refractivity contribution in [2.24, 2.45) is 11.8 Å². The fraction of sp³-hybridized carbons (Fsp3) is 0.542. The summed E-state index contributed by atoms with van der Waals surface area (Å²) in [5.41, 5.74) is 2.68. The second-order valence-electron chi connectivity index (χ2n) is 8.97. The molecule has 0 bridgehead atoms. The number of hydrogen-bond donors (Lipinski definition) is 1. The van der Waals surface area contributed by atoms with E-state index in [-0.39, 0.29) is 5.91 Å². The third-order valence-electron chi connectivity index (χ3n) is 5.74. The lowest BCUT2D eigenvalue weighted by Crippen LogP contribution is -2.88. The van der Waals surface area contributed by atoms with Crippen LogP contribution in [0.3, 0.4) is 0 Å². The van der Waals surface area contributed by atoms with E-state index < -0.39 is 0 Å². The van der Waals surface area contributed by atoms with Gasteiger partial charge in [-0.2, -0.15) is 0 Å². The summed E-state index contributed by atoms with van der Waals surface area (Å²) in [6.45, 7) is 12.4. The summed E-state index contributed by atoms with van der Waals surface area (Å²) in [6.07, 6.45) is 4.63. The van der Waals surface area contributed by atoms with Crippen molar-refractivity contribution in [2.75, 3.05) is 37.6 Å². The number of aromatic nitrogens is 2. The minimum Gasteiger partial charge on any atom is -0.337 e. The Labute approximate surface area is 180 Å². The molecule has 1 aromatic heterocycles. The standard InChI is InChI=1S/C24H35N5O/c1-18(2)16-20-6-8-21(9-7-20)23(19(3)4)27-17-22(30)28-12-14-29(15-13-28)24-25-10-5-11-26-24/h5-11,18-19,23,27H,12-17H2,1-4H3/p+1/t23-/m1/s1. The monoisotopic (exact) mass is 410 g/mol. The van der Waals surface area contributed by atoms with Gasteiger partial charge in [0.1, 0.15) is 6.04 Å². The van der Waals surface area contributed by atoms with Gasteiger partial charge in [-0.25, -0.2) is 9.97 Å². The summed E-state index contributed by atoms with van der Waals surface area (Å²) < 4.78 is 0. The zero-order valence-corrected chi connectivity index (χ0v) is 18.8. The van der Waals surface area contributed by atoms with Crippen molar-refractivity contribution in [2.45, 2.75) is 40.2 Å². The number of nitrogens with two attached hydrogens (primary N) is 1. The first-order chi connectivity index (χ1) is 14.4. The van der Waals surface area contributed by atoms with Gasteiger partial charge in [-0.3, -0.25) is 4.79 Å². The number of piperazine rings is 1. The Morgan fingerprint density at radius 3 is 2.20 bits per heavy atom. The number of rotatable bonds is 8. The normalized spacial score (nSPS) is 15.7. The molecule has 1 fully saturated rings. The van der Waals surface area contributed by atoms with E-state index in [2.05, 4.69) is 72.1 Å². The van der Waals surface area contributed by atoms with E-state index in [0.717, 1.165) is 38.5 Å². The number of benzene rings is 1. The van der Waals surface area contributed by atoms with Gasteiger partial charge in [0.25, 0.3) is 5.91 Å². The molecule has 0 aliphatic carbocycles. The van der Waals surface area contributed by atoms with Gasteiger partial charge in [-0.1, -0.05) is 52.0 Å². The lowest BCUT2D eigenvalue weighted by molar-refractivity contribution is -0.692. The number of anilines is 1. The lowest BCUT2D eigenvalue weighted by atomic mass is 9.93. The summed E-state index contributed by atoms with van der Waals surface area (Å²) in [4.78, 5) is 25.6. The smallest absolute Gasteiger partial charge is 0.277 e. The van der Waals surface area contributed by atoms with Gasteiger partial charge in [0, 0.05) is 50.1 Å². The van der Waals surface area contributed by atoms with Crippen molar-refractivity contribution in [3.63, 3.8) is 0 Å². The Hall–Kier alpha value is -2.47. The van der Waals surface area contributed by atoms with Crippen LogP contribution in [0.2, 0.25) is 0 Å². The van der Waals surface area contributed by atoms with Crippen LogP contribution < -0.4 is 10.2 Å². The number of amides is 1. The van der Waals surface area contributed by atoms with E-state index in [1.54, 1.807) is 12.4 Å². The van der Waals surface area contributed by atoms with Crippen LogP contribution >= 0.6 is 0 Å². The third kappa shape index (κ3) is 6.02. The van der Waals surface area contributed by atoms with Gasteiger partial charge in [0.15, 0.2) is 6.54 Å². The molecule has 0 spiro atoms. The van der Waals surface area contributed by atoms with Gasteiger partial charge in [-0.05, 0) is 24.0 Å². The quantitative estimate of drug-likeness (QED) is 0.725. The number of hydrogen-bond acceptors (Lipinski definition) is 4. The number of carbonyl (C=O) groups excluding carboxylic acids is 1. The lowest BCUT2D eigenvalue weighted by Gasteiger charge is -2.34. The van der Waals surface area contributed by atoms with E-state index in [4.69, 9.17) is 0 Å². The topological polar surface area (TPSA) is 65.9 Å². The van der Waals surface area contributed by atoms with Crippen molar-refractivity contribution < 1.29 is 10.1 Å². The van der Waals surface area contributed by atoms with Crippen LogP contribution in [0.5, 0.6) is 0 Å². The third-order valence-corrected chi connectivity index (χ3v) is 5.74. The summed E-state index contributed by atoms with van der Waals surface area (Å²) in [5.74, 6) is 2.08. The minimum atomic E-state index is 0.214. The molecule has 2 heterocycles. The fourth-order valence-electron chi connectivity index (χ4n) is 4.11. The van der Waals surface area contributed by atoms with Crippen LogP contribution in [0.1, 0.15) is 44.9 Å². The molecule has 6 heteroatoms. The first kappa shape index (κ1) is 22.2. The van der Waals surface area contributed by atoms with Crippen molar-refractivity contribution in [3.05, 3.63) is 53.9 Å². The van der Waals surface area contributed by atoms with E-state index in [9.17, 15) is 4.79 Å². The van der Waals surface area contributed by atoms with Crippen LogP contribution in [-0.4, -0.2) is 53.5 Å². The van der Waals surface area contributed by atoms with E-state index in [1.165, 1.54) is 11.1 Å². The molecule has 30 heavy (non-hydrogen) atoms. The highest BCUT2D eigenvalue weighted by Crippen LogP contribution is 2.19. The number of quaternary nitrogens is 1. The van der Waals surface area contributed by atoms with Crippen LogP contribution in [-0.2, 0) is 11.2 Å². The Bertz CT molecular complexity index is 783. The first-order valence-electron chi connectivity index (χ1n) is 11.2. The fourth-order valence-corrected chi connectivity index (χ4v) is 4.11. The second kappa shape index (κ2) is 10.5. The molecule has 6 nitrogen and oxygen atoms in total. The van der Waals surface area contributed by atoms with Gasteiger partial charge in [0.2, 0.25) is 5.95 Å². The summed E-state index contributed by atoms with van der Waals surface area (Å²) in [5, 5.41) is 2.21. The van der Waals surface area contributed by atoms with E-state index >= 15 is 0 Å². The second-order valence-corrected chi connectivity index (χ2v) is 8.97. The highest BCUT2D eigenvalue weighted by atomic mass is 16.2. The largest absolute Gasteiger partial charge is 0.337 e. The highest BCUT2D eigenvalue weighted by molar-refractivity contribution is 5.77. The summed E-state index contributed by atoms with van der Waals surface area (Å²) >= 11 is 0. The van der Waals surface area contributed by atoms with Crippen LogP contribution in [0.4, 0.5) is 5.95 Å². The molecule has 162 valence electrons. The Morgan fingerprint density at radius 2 is 1.63 bits per heavy atom.